The van der Waals surface area contributed by atoms with Gasteiger partial charge in [0.15, 0.2) is 5.17 Å². The number of carboxylic acids is 1. The summed E-state index contributed by atoms with van der Waals surface area (Å²) in [7, 11) is 0. The molecular weight excluding hydrogens is 306 g/mol. The molecule has 0 bridgehead atoms. The quantitative estimate of drug-likeness (QED) is 0.796. The van der Waals surface area contributed by atoms with Crippen molar-refractivity contribution in [2.45, 2.75) is 11.7 Å². The molecule has 22 heavy (non-hydrogen) atoms. The number of carbonyl (C=O) groups excluding carboxylic acids is 2. The minimum absolute atomic E-state index is 0.110. The highest BCUT2D eigenvalue weighted by atomic mass is 32.2. The number of carboxylic acid groups (broad SMARTS) is 1. The molecule has 2 heterocycles. The van der Waals surface area contributed by atoms with Gasteiger partial charge in [0, 0.05) is 13.0 Å². The van der Waals surface area contributed by atoms with Crippen LogP contribution >= 0.6 is 11.8 Å². The summed E-state index contributed by atoms with van der Waals surface area (Å²) in [6.07, 6.45) is 0.116. The number of benzene rings is 1. The molecule has 2 amide bonds. The number of amidine groups is 1. The van der Waals surface area contributed by atoms with Crippen LogP contribution in [0.4, 0.5) is 5.69 Å². The fourth-order valence-electron chi connectivity index (χ4n) is 2.31. The second kappa shape index (κ2) is 5.80. The topological polar surface area (TPSA) is 99.1 Å². The number of carbonyl (C=O) groups is 3. The molecule has 0 spiro atoms. The SMILES string of the molecule is O=C(O)c1ccc(N2C(=O)C[C@H](SC3=NCCN3)C2=O)cc1. The number of thioether (sulfide) groups is 1. The van der Waals surface area contributed by atoms with E-state index < -0.39 is 11.2 Å². The Morgan fingerprint density at radius 1 is 1.32 bits per heavy atom. The Hall–Kier alpha value is -2.35. The number of hydrogen-bond donors (Lipinski definition) is 2. The molecule has 1 fully saturated rings. The predicted octanol–water partition coefficient (Wildman–Crippen LogP) is 0.709. The highest BCUT2D eigenvalue weighted by Gasteiger charge is 2.41. The van der Waals surface area contributed by atoms with E-state index in [2.05, 4.69) is 10.3 Å². The van der Waals surface area contributed by atoms with Crippen molar-refractivity contribution in [2.75, 3.05) is 18.0 Å². The maximum absolute atomic E-state index is 12.4. The molecule has 2 aliphatic rings. The second-order valence-electron chi connectivity index (χ2n) is 4.84. The molecule has 0 saturated carbocycles. The van der Waals surface area contributed by atoms with Gasteiger partial charge in [-0.25, -0.2) is 9.69 Å². The zero-order valence-electron chi connectivity index (χ0n) is 11.5. The smallest absolute Gasteiger partial charge is 0.335 e. The minimum atomic E-state index is -1.05. The molecule has 0 aromatic heterocycles. The van der Waals surface area contributed by atoms with Crippen molar-refractivity contribution in [1.82, 2.24) is 5.32 Å². The van der Waals surface area contributed by atoms with Crippen molar-refractivity contribution < 1.29 is 19.5 Å². The third-order valence-corrected chi connectivity index (χ3v) is 4.52. The van der Waals surface area contributed by atoms with Gasteiger partial charge in [-0.05, 0) is 24.3 Å². The zero-order chi connectivity index (χ0) is 15.7. The van der Waals surface area contributed by atoms with Gasteiger partial charge in [-0.15, -0.1) is 0 Å². The van der Waals surface area contributed by atoms with Crippen molar-refractivity contribution in [3.63, 3.8) is 0 Å². The fourth-order valence-corrected chi connectivity index (χ4v) is 3.36. The molecular formula is C14H13N3O4S. The van der Waals surface area contributed by atoms with Gasteiger partial charge in [-0.3, -0.25) is 14.6 Å². The van der Waals surface area contributed by atoms with E-state index in [0.29, 0.717) is 17.4 Å². The largest absolute Gasteiger partial charge is 0.478 e. The van der Waals surface area contributed by atoms with Crippen LogP contribution < -0.4 is 10.2 Å². The number of rotatable bonds is 3. The first-order valence-electron chi connectivity index (χ1n) is 6.71. The summed E-state index contributed by atoms with van der Waals surface area (Å²) in [5, 5.41) is 12.1. The molecule has 7 nitrogen and oxygen atoms in total. The van der Waals surface area contributed by atoms with E-state index in [9.17, 15) is 14.4 Å². The van der Waals surface area contributed by atoms with Crippen LogP contribution in [0.1, 0.15) is 16.8 Å². The van der Waals surface area contributed by atoms with Crippen LogP contribution in [0.3, 0.4) is 0 Å². The molecule has 1 aromatic rings. The highest BCUT2D eigenvalue weighted by Crippen LogP contribution is 2.30. The first kappa shape index (κ1) is 14.6. The van der Waals surface area contributed by atoms with Crippen LogP contribution in [0.15, 0.2) is 29.3 Å². The Balaban J connectivity index is 1.77. The van der Waals surface area contributed by atoms with Crippen molar-refractivity contribution in [1.29, 1.82) is 0 Å². The number of nitrogens with zero attached hydrogens (tertiary/aromatic N) is 2. The average molecular weight is 319 g/mol. The van der Waals surface area contributed by atoms with Gasteiger partial charge in [0.05, 0.1) is 17.8 Å². The van der Waals surface area contributed by atoms with Crippen LogP contribution in [0.5, 0.6) is 0 Å². The molecule has 114 valence electrons. The Bertz CT molecular complexity index is 671. The molecule has 3 rings (SSSR count). The first-order chi connectivity index (χ1) is 10.6. The maximum atomic E-state index is 12.4. The van der Waals surface area contributed by atoms with Crippen LogP contribution in [0.25, 0.3) is 0 Å². The average Bonchev–Trinajstić information content (AvgIpc) is 3.09. The number of hydrogen-bond acceptors (Lipinski definition) is 6. The van der Waals surface area contributed by atoms with Gasteiger partial charge >= 0.3 is 5.97 Å². The summed E-state index contributed by atoms with van der Waals surface area (Å²) in [6.45, 7) is 1.43. The van der Waals surface area contributed by atoms with Crippen LogP contribution in [0, 0.1) is 0 Å². The van der Waals surface area contributed by atoms with E-state index in [1.54, 1.807) is 0 Å². The van der Waals surface area contributed by atoms with Crippen molar-refractivity contribution in [2.24, 2.45) is 4.99 Å². The molecule has 1 aromatic carbocycles. The Morgan fingerprint density at radius 2 is 2.05 bits per heavy atom. The lowest BCUT2D eigenvalue weighted by Crippen LogP contribution is -2.32. The van der Waals surface area contributed by atoms with Crippen molar-refractivity contribution in [3.05, 3.63) is 29.8 Å². The van der Waals surface area contributed by atoms with Crippen LogP contribution in [0.2, 0.25) is 0 Å². The minimum Gasteiger partial charge on any atom is -0.478 e. The van der Waals surface area contributed by atoms with Gasteiger partial charge in [-0.1, -0.05) is 11.8 Å². The van der Waals surface area contributed by atoms with Crippen molar-refractivity contribution >= 4 is 40.4 Å². The van der Waals surface area contributed by atoms with Crippen LogP contribution in [-0.2, 0) is 9.59 Å². The van der Waals surface area contributed by atoms with E-state index in [-0.39, 0.29) is 23.8 Å². The number of imide groups is 1. The van der Waals surface area contributed by atoms with Gasteiger partial charge in [0.2, 0.25) is 11.8 Å². The monoisotopic (exact) mass is 319 g/mol. The van der Waals surface area contributed by atoms with Gasteiger partial charge in [0.25, 0.3) is 0 Å². The normalized spacial score (nSPS) is 21.0. The molecule has 2 aliphatic heterocycles. The Morgan fingerprint density at radius 3 is 2.64 bits per heavy atom. The summed E-state index contributed by atoms with van der Waals surface area (Å²) in [5.41, 5.74) is 0.503. The number of amides is 2. The number of anilines is 1. The number of aliphatic imine (C=N–C) groups is 1. The zero-order valence-corrected chi connectivity index (χ0v) is 12.3. The van der Waals surface area contributed by atoms with E-state index in [1.807, 2.05) is 0 Å². The molecule has 1 saturated heterocycles. The molecule has 2 N–H and O–H groups in total. The lowest BCUT2D eigenvalue weighted by Gasteiger charge is -2.15. The van der Waals surface area contributed by atoms with Crippen LogP contribution in [-0.4, -0.2) is 46.4 Å². The Labute approximate surface area is 130 Å². The van der Waals surface area contributed by atoms with Gasteiger partial charge in [0.1, 0.15) is 5.25 Å². The van der Waals surface area contributed by atoms with Crippen molar-refractivity contribution in [3.8, 4) is 0 Å². The van der Waals surface area contributed by atoms with Gasteiger partial charge < -0.3 is 10.4 Å². The van der Waals surface area contributed by atoms with E-state index >= 15 is 0 Å². The number of aromatic carboxylic acids is 1. The van der Waals surface area contributed by atoms with E-state index in [0.717, 1.165) is 11.4 Å². The summed E-state index contributed by atoms with van der Waals surface area (Å²) < 4.78 is 0. The first-order valence-corrected chi connectivity index (χ1v) is 7.59. The fraction of sp³-hybridized carbons (Fsp3) is 0.286. The maximum Gasteiger partial charge on any atom is 0.335 e. The standard InChI is InChI=1S/C14H13N3O4S/c18-11-7-10(22-14-15-5-6-16-14)12(19)17(11)9-3-1-8(2-4-9)13(20)21/h1-4,10H,5-7H2,(H,15,16)(H,20,21)/t10-/m0/s1. The Kier molecular flexibility index (Phi) is 3.84. The highest BCUT2D eigenvalue weighted by molar-refractivity contribution is 8.15. The van der Waals surface area contributed by atoms with Gasteiger partial charge in [-0.2, -0.15) is 0 Å². The second-order valence-corrected chi connectivity index (χ2v) is 6.04. The summed E-state index contributed by atoms with van der Waals surface area (Å²) in [5.74, 6) is -1.64. The van der Waals surface area contributed by atoms with E-state index in [1.165, 1.54) is 36.0 Å². The molecule has 0 radical (unpaired) electrons. The lowest BCUT2D eigenvalue weighted by atomic mass is 10.2. The summed E-state index contributed by atoms with van der Waals surface area (Å²) in [6, 6.07) is 5.69. The summed E-state index contributed by atoms with van der Waals surface area (Å²) >= 11 is 1.27. The lowest BCUT2D eigenvalue weighted by molar-refractivity contribution is -0.121. The molecule has 1 atom stereocenters. The third kappa shape index (κ3) is 2.69. The molecule has 8 heteroatoms. The predicted molar refractivity (Wildman–Crippen MR) is 82.2 cm³/mol. The molecule has 0 aliphatic carbocycles. The third-order valence-electron chi connectivity index (χ3n) is 3.38. The number of nitrogens with one attached hydrogen (secondary N) is 1. The summed E-state index contributed by atoms with van der Waals surface area (Å²) in [4.78, 5) is 40.7. The molecule has 0 unspecified atom stereocenters. The van der Waals surface area contributed by atoms with E-state index in [4.69, 9.17) is 5.11 Å².